The zero-order valence-corrected chi connectivity index (χ0v) is 11.7. The second-order valence-electron chi connectivity index (χ2n) is 6.32. The third-order valence-corrected chi connectivity index (χ3v) is 5.19. The van der Waals surface area contributed by atoms with Crippen LogP contribution in [0.1, 0.15) is 51.1 Å². The summed E-state index contributed by atoms with van der Waals surface area (Å²) in [6.45, 7) is 4.56. The molecule has 19 heavy (non-hydrogen) atoms. The quantitative estimate of drug-likeness (QED) is 0.772. The van der Waals surface area contributed by atoms with Crippen LogP contribution >= 0.6 is 0 Å². The van der Waals surface area contributed by atoms with Crippen LogP contribution in [0.4, 0.5) is 4.39 Å². The fraction of sp³-hybridized carbons (Fsp3) is 0.625. The lowest BCUT2D eigenvalue weighted by molar-refractivity contribution is -0.0615. The SMILES string of the molecule is CC1CCCC2(C[C@@H](N)c3cc(F)ccc3O2)C1C. The lowest BCUT2D eigenvalue weighted by atomic mass is 9.66. The van der Waals surface area contributed by atoms with Crippen molar-refractivity contribution in [3.8, 4) is 5.75 Å². The molecule has 1 aliphatic heterocycles. The summed E-state index contributed by atoms with van der Waals surface area (Å²) in [4.78, 5) is 0. The first kappa shape index (κ1) is 12.9. The van der Waals surface area contributed by atoms with E-state index in [0.29, 0.717) is 11.8 Å². The Balaban J connectivity index is 1.98. The fourth-order valence-electron chi connectivity index (χ4n) is 3.80. The van der Waals surface area contributed by atoms with Crippen LogP contribution < -0.4 is 10.5 Å². The first-order valence-corrected chi connectivity index (χ1v) is 7.26. The van der Waals surface area contributed by atoms with Gasteiger partial charge in [-0.05, 0) is 42.9 Å². The Labute approximate surface area is 114 Å². The molecule has 3 unspecified atom stereocenters. The van der Waals surface area contributed by atoms with E-state index in [2.05, 4.69) is 13.8 Å². The molecule has 3 rings (SSSR count). The number of hydrogen-bond donors (Lipinski definition) is 1. The Bertz CT molecular complexity index is 490. The second kappa shape index (κ2) is 4.48. The molecule has 0 amide bonds. The average molecular weight is 263 g/mol. The third kappa shape index (κ3) is 2.04. The third-order valence-electron chi connectivity index (χ3n) is 5.19. The molecule has 2 N–H and O–H groups in total. The van der Waals surface area contributed by atoms with Gasteiger partial charge in [0.05, 0.1) is 0 Å². The normalized spacial score (nSPS) is 37.8. The fourth-order valence-corrected chi connectivity index (χ4v) is 3.80. The molecule has 0 bridgehead atoms. The van der Waals surface area contributed by atoms with E-state index in [4.69, 9.17) is 10.5 Å². The minimum absolute atomic E-state index is 0.118. The molecule has 104 valence electrons. The lowest BCUT2D eigenvalue weighted by Gasteiger charge is -2.49. The molecule has 1 heterocycles. The van der Waals surface area contributed by atoms with Crippen molar-refractivity contribution in [3.63, 3.8) is 0 Å². The maximum Gasteiger partial charge on any atom is 0.125 e. The van der Waals surface area contributed by atoms with Gasteiger partial charge in [-0.25, -0.2) is 4.39 Å². The highest BCUT2D eigenvalue weighted by Crippen LogP contribution is 2.49. The van der Waals surface area contributed by atoms with Crippen LogP contribution in [-0.4, -0.2) is 5.60 Å². The number of ether oxygens (including phenoxy) is 1. The van der Waals surface area contributed by atoms with Crippen LogP contribution in [0.25, 0.3) is 0 Å². The van der Waals surface area contributed by atoms with Gasteiger partial charge in [0, 0.05) is 18.0 Å². The smallest absolute Gasteiger partial charge is 0.125 e. The zero-order chi connectivity index (χ0) is 13.6. The summed E-state index contributed by atoms with van der Waals surface area (Å²) in [7, 11) is 0. The predicted octanol–water partition coefficient (Wildman–Crippen LogP) is 3.80. The number of hydrogen-bond acceptors (Lipinski definition) is 2. The van der Waals surface area contributed by atoms with E-state index in [1.165, 1.54) is 25.0 Å². The van der Waals surface area contributed by atoms with Crippen molar-refractivity contribution in [3.05, 3.63) is 29.6 Å². The summed E-state index contributed by atoms with van der Waals surface area (Å²) in [5, 5.41) is 0. The standard InChI is InChI=1S/C16H22FNO/c1-10-4-3-7-16(11(10)2)9-14(18)13-8-12(17)5-6-15(13)19-16/h5-6,8,10-11,14H,3-4,7,9,18H2,1-2H3/t10?,11?,14-,16?/m1/s1. The summed E-state index contributed by atoms with van der Waals surface area (Å²) >= 11 is 0. The summed E-state index contributed by atoms with van der Waals surface area (Å²) in [6.07, 6.45) is 4.31. The highest BCUT2D eigenvalue weighted by molar-refractivity contribution is 5.39. The van der Waals surface area contributed by atoms with Gasteiger partial charge in [-0.3, -0.25) is 0 Å². The van der Waals surface area contributed by atoms with Crippen LogP contribution in [0.2, 0.25) is 0 Å². The van der Waals surface area contributed by atoms with Crippen LogP contribution in [0.3, 0.4) is 0 Å². The van der Waals surface area contributed by atoms with Gasteiger partial charge in [0.1, 0.15) is 17.2 Å². The minimum Gasteiger partial charge on any atom is -0.487 e. The van der Waals surface area contributed by atoms with Crippen LogP contribution in [0.15, 0.2) is 18.2 Å². The van der Waals surface area contributed by atoms with E-state index in [1.54, 1.807) is 6.07 Å². The van der Waals surface area contributed by atoms with E-state index in [1.807, 2.05) is 0 Å². The van der Waals surface area contributed by atoms with Crippen molar-refractivity contribution in [1.82, 2.24) is 0 Å². The van der Waals surface area contributed by atoms with Crippen molar-refractivity contribution >= 4 is 0 Å². The zero-order valence-electron chi connectivity index (χ0n) is 11.7. The second-order valence-corrected chi connectivity index (χ2v) is 6.32. The molecule has 2 aliphatic rings. The molecule has 2 nitrogen and oxygen atoms in total. The molecule has 0 aromatic heterocycles. The van der Waals surface area contributed by atoms with Gasteiger partial charge in [0.2, 0.25) is 0 Å². The molecule has 1 aliphatic carbocycles. The Morgan fingerprint density at radius 1 is 1.37 bits per heavy atom. The maximum atomic E-state index is 13.3. The molecule has 1 fully saturated rings. The number of fused-ring (bicyclic) bond motifs is 1. The van der Waals surface area contributed by atoms with E-state index in [9.17, 15) is 4.39 Å². The van der Waals surface area contributed by atoms with Gasteiger partial charge in [-0.15, -0.1) is 0 Å². The minimum atomic E-state index is -0.237. The highest BCUT2D eigenvalue weighted by Gasteiger charge is 2.47. The van der Waals surface area contributed by atoms with Crippen LogP contribution in [-0.2, 0) is 0 Å². The van der Waals surface area contributed by atoms with Gasteiger partial charge < -0.3 is 10.5 Å². The molecular weight excluding hydrogens is 241 g/mol. The van der Waals surface area contributed by atoms with Gasteiger partial charge in [0.15, 0.2) is 0 Å². The summed E-state index contributed by atoms with van der Waals surface area (Å²) in [6, 6.07) is 4.59. The Hall–Kier alpha value is -1.09. The van der Waals surface area contributed by atoms with Gasteiger partial charge in [-0.1, -0.05) is 20.3 Å². The van der Waals surface area contributed by atoms with Crippen molar-refractivity contribution in [1.29, 1.82) is 0 Å². The molecule has 0 radical (unpaired) electrons. The van der Waals surface area contributed by atoms with E-state index in [-0.39, 0.29) is 17.5 Å². The molecule has 3 heteroatoms. The topological polar surface area (TPSA) is 35.2 Å². The van der Waals surface area contributed by atoms with Crippen molar-refractivity contribution < 1.29 is 9.13 Å². The van der Waals surface area contributed by atoms with Crippen molar-refractivity contribution in [2.45, 2.75) is 51.2 Å². The average Bonchev–Trinajstić information content (AvgIpc) is 2.37. The van der Waals surface area contributed by atoms with E-state index < -0.39 is 0 Å². The van der Waals surface area contributed by atoms with Gasteiger partial charge in [0.25, 0.3) is 0 Å². The molecule has 1 saturated carbocycles. The lowest BCUT2D eigenvalue weighted by Crippen LogP contribution is -2.52. The number of halogens is 1. The Morgan fingerprint density at radius 3 is 2.95 bits per heavy atom. The Kier molecular flexibility index (Phi) is 3.05. The maximum absolute atomic E-state index is 13.3. The molecule has 0 saturated heterocycles. The van der Waals surface area contributed by atoms with Crippen molar-refractivity contribution in [2.24, 2.45) is 17.6 Å². The molecule has 4 atom stereocenters. The number of benzene rings is 1. The van der Waals surface area contributed by atoms with Crippen LogP contribution in [0.5, 0.6) is 5.75 Å². The largest absolute Gasteiger partial charge is 0.487 e. The number of nitrogens with two attached hydrogens (primary N) is 1. The van der Waals surface area contributed by atoms with E-state index in [0.717, 1.165) is 24.2 Å². The van der Waals surface area contributed by atoms with Crippen molar-refractivity contribution in [2.75, 3.05) is 0 Å². The highest BCUT2D eigenvalue weighted by atomic mass is 19.1. The van der Waals surface area contributed by atoms with Gasteiger partial charge >= 0.3 is 0 Å². The Morgan fingerprint density at radius 2 is 2.16 bits per heavy atom. The van der Waals surface area contributed by atoms with Crippen LogP contribution in [0, 0.1) is 17.7 Å². The molecule has 1 spiro atoms. The predicted molar refractivity (Wildman–Crippen MR) is 73.5 cm³/mol. The summed E-state index contributed by atoms with van der Waals surface area (Å²) in [5.41, 5.74) is 6.95. The van der Waals surface area contributed by atoms with Gasteiger partial charge in [-0.2, -0.15) is 0 Å². The number of rotatable bonds is 0. The summed E-state index contributed by atoms with van der Waals surface area (Å²) < 4.78 is 19.7. The monoisotopic (exact) mass is 263 g/mol. The summed E-state index contributed by atoms with van der Waals surface area (Å²) in [5.74, 6) is 1.69. The van der Waals surface area contributed by atoms with E-state index >= 15 is 0 Å². The first-order chi connectivity index (χ1) is 9.02. The molecule has 1 aromatic carbocycles. The first-order valence-electron chi connectivity index (χ1n) is 7.26. The molecular formula is C16H22FNO. The molecule has 1 aromatic rings.